The van der Waals surface area contributed by atoms with Crippen LogP contribution in [0.1, 0.15) is 95.8 Å². The summed E-state index contributed by atoms with van der Waals surface area (Å²) in [5.74, 6) is 0.804. The lowest BCUT2D eigenvalue weighted by molar-refractivity contribution is 0.404. The van der Waals surface area contributed by atoms with Crippen molar-refractivity contribution in [2.45, 2.75) is 97.3 Å². The highest BCUT2D eigenvalue weighted by Crippen LogP contribution is 2.42. The second kappa shape index (κ2) is 12.5. The lowest BCUT2D eigenvalue weighted by Gasteiger charge is -2.16. The molecule has 3 aromatic heterocycles. The van der Waals surface area contributed by atoms with Crippen molar-refractivity contribution in [3.05, 3.63) is 46.7 Å². The fraction of sp³-hybridized carbons (Fsp3) is 0.500. The summed E-state index contributed by atoms with van der Waals surface area (Å²) in [5, 5.41) is 4.86. The molecule has 0 fully saturated rings. The largest absolute Gasteiger partial charge is 0.244 e. The Hall–Kier alpha value is -2.04. The Morgan fingerprint density at radius 2 is 1.33 bits per heavy atom. The zero-order valence-corrected chi connectivity index (χ0v) is 23.7. The van der Waals surface area contributed by atoms with Crippen LogP contribution in [0.4, 0.5) is 0 Å². The zero-order valence-electron chi connectivity index (χ0n) is 22.0. The molecular weight excluding hydrogens is 477 g/mol. The van der Waals surface area contributed by atoms with Crippen LogP contribution in [0.25, 0.3) is 42.2 Å². The Kier molecular flexibility index (Phi) is 8.87. The lowest BCUT2D eigenvalue weighted by Crippen LogP contribution is -2.04. The molecule has 0 radical (unpaired) electrons. The van der Waals surface area contributed by atoms with Crippen LogP contribution in [0.15, 0.2) is 41.8 Å². The van der Waals surface area contributed by atoms with Crippen molar-refractivity contribution in [1.82, 2.24) is 9.97 Å². The molecular formula is C32H40N2S2. The van der Waals surface area contributed by atoms with Crippen molar-refractivity contribution in [3.63, 3.8) is 0 Å². The molecule has 0 spiro atoms. The molecule has 0 aliphatic carbocycles. The Balaban J connectivity index is 1.42. The van der Waals surface area contributed by atoms with Crippen molar-refractivity contribution in [3.8, 4) is 0 Å². The minimum atomic E-state index is 0.804. The average molecular weight is 517 g/mol. The summed E-state index contributed by atoms with van der Waals surface area (Å²) < 4.78 is 2.71. The Morgan fingerprint density at radius 3 is 2.06 bits per heavy atom. The standard InChI is InChI=1S/C32H40N2S2/c1-3-5-7-9-10-12-16-23(15-11-8-6-4-2)21-24-22-26-31-25(19-20-35-31)29-30(32(26)36-24)34-28-18-14-13-17-27(28)33-29/h13-14,17-20,22-23H,3-12,15-16,21H2,1-2H3. The summed E-state index contributed by atoms with van der Waals surface area (Å²) in [6.45, 7) is 4.62. The highest BCUT2D eigenvalue weighted by Gasteiger charge is 2.18. The molecule has 4 heteroatoms. The number of thiophene rings is 2. The van der Waals surface area contributed by atoms with Gasteiger partial charge in [-0.15, -0.1) is 22.7 Å². The highest BCUT2D eigenvalue weighted by molar-refractivity contribution is 7.22. The van der Waals surface area contributed by atoms with Crippen LogP contribution in [0.5, 0.6) is 0 Å². The summed E-state index contributed by atoms with van der Waals surface area (Å²) in [6.07, 6.45) is 17.8. The SMILES string of the molecule is CCCCCCCCC(CCCCCC)Cc1cc2c3sccc3c3nc4ccccc4nc3c2s1. The Labute approximate surface area is 224 Å². The predicted octanol–water partition coefficient (Wildman–Crippen LogP) is 11.1. The number of hydrogen-bond donors (Lipinski definition) is 0. The second-order valence-corrected chi connectivity index (χ2v) is 12.6. The summed E-state index contributed by atoms with van der Waals surface area (Å²) in [6, 6.07) is 13.0. The molecule has 1 unspecified atom stereocenters. The number of fused-ring (bicyclic) bond motifs is 7. The van der Waals surface area contributed by atoms with Crippen LogP contribution >= 0.6 is 22.7 Å². The Morgan fingerprint density at radius 1 is 0.694 bits per heavy atom. The summed E-state index contributed by atoms with van der Waals surface area (Å²) in [5.41, 5.74) is 4.13. The van der Waals surface area contributed by atoms with Crippen molar-refractivity contribution >= 4 is 64.9 Å². The normalized spacial score (nSPS) is 12.9. The average Bonchev–Trinajstić information content (AvgIpc) is 3.55. The highest BCUT2D eigenvalue weighted by atomic mass is 32.1. The van der Waals surface area contributed by atoms with E-state index in [1.807, 2.05) is 22.7 Å². The number of aromatic nitrogens is 2. The van der Waals surface area contributed by atoms with E-state index in [2.05, 4.69) is 55.6 Å². The molecule has 0 N–H and O–H groups in total. The van der Waals surface area contributed by atoms with E-state index in [4.69, 9.17) is 9.97 Å². The van der Waals surface area contributed by atoms with Crippen LogP contribution in [0, 0.1) is 5.92 Å². The summed E-state index contributed by atoms with van der Waals surface area (Å²) >= 11 is 3.83. The number of unbranched alkanes of at least 4 members (excludes halogenated alkanes) is 8. The van der Waals surface area contributed by atoms with Gasteiger partial charge in [-0.25, -0.2) is 9.97 Å². The van der Waals surface area contributed by atoms with E-state index in [0.717, 1.165) is 28.0 Å². The van der Waals surface area contributed by atoms with E-state index in [9.17, 15) is 0 Å². The summed E-state index contributed by atoms with van der Waals surface area (Å²) in [7, 11) is 0. The van der Waals surface area contributed by atoms with Gasteiger partial charge in [0.05, 0.1) is 21.3 Å². The first-order chi connectivity index (χ1) is 17.8. The molecule has 0 saturated heterocycles. The predicted molar refractivity (Wildman–Crippen MR) is 162 cm³/mol. The molecule has 5 aromatic rings. The van der Waals surface area contributed by atoms with Gasteiger partial charge in [0, 0.05) is 20.3 Å². The maximum atomic E-state index is 5.14. The van der Waals surface area contributed by atoms with Gasteiger partial charge in [-0.3, -0.25) is 0 Å². The van der Waals surface area contributed by atoms with E-state index < -0.39 is 0 Å². The van der Waals surface area contributed by atoms with Gasteiger partial charge in [-0.1, -0.05) is 103 Å². The van der Waals surface area contributed by atoms with Gasteiger partial charge in [0.2, 0.25) is 0 Å². The van der Waals surface area contributed by atoms with E-state index in [1.54, 1.807) is 0 Å². The van der Waals surface area contributed by atoms with Gasteiger partial charge in [0.15, 0.2) is 0 Å². The molecule has 36 heavy (non-hydrogen) atoms. The fourth-order valence-corrected chi connectivity index (χ4v) is 7.90. The van der Waals surface area contributed by atoms with Crippen molar-refractivity contribution in [2.75, 3.05) is 0 Å². The van der Waals surface area contributed by atoms with Crippen LogP contribution in [-0.2, 0) is 6.42 Å². The molecule has 190 valence electrons. The molecule has 1 atom stereocenters. The number of nitrogens with zero attached hydrogens (tertiary/aromatic N) is 2. The van der Waals surface area contributed by atoms with Crippen molar-refractivity contribution in [2.24, 2.45) is 5.92 Å². The van der Waals surface area contributed by atoms with Gasteiger partial charge < -0.3 is 0 Å². The fourth-order valence-electron chi connectivity index (χ4n) is 5.64. The van der Waals surface area contributed by atoms with Crippen molar-refractivity contribution in [1.29, 1.82) is 0 Å². The molecule has 0 saturated carbocycles. The van der Waals surface area contributed by atoms with E-state index >= 15 is 0 Å². The van der Waals surface area contributed by atoms with Crippen LogP contribution in [0.2, 0.25) is 0 Å². The van der Waals surface area contributed by atoms with Gasteiger partial charge in [0.1, 0.15) is 5.52 Å². The monoisotopic (exact) mass is 516 g/mol. The maximum Gasteiger partial charge on any atom is 0.108 e. The molecule has 0 amide bonds. The second-order valence-electron chi connectivity index (χ2n) is 10.5. The molecule has 0 aliphatic rings. The van der Waals surface area contributed by atoms with Gasteiger partial charge in [0.25, 0.3) is 0 Å². The topological polar surface area (TPSA) is 25.8 Å². The maximum absolute atomic E-state index is 5.14. The first kappa shape index (κ1) is 25.6. The molecule has 2 aromatic carbocycles. The minimum absolute atomic E-state index is 0.804. The van der Waals surface area contributed by atoms with E-state index in [-0.39, 0.29) is 0 Å². The van der Waals surface area contributed by atoms with Crippen LogP contribution < -0.4 is 0 Å². The lowest BCUT2D eigenvalue weighted by atomic mass is 9.91. The van der Waals surface area contributed by atoms with Crippen molar-refractivity contribution < 1.29 is 0 Å². The number of para-hydroxylation sites is 2. The third-order valence-electron chi connectivity index (χ3n) is 7.66. The van der Waals surface area contributed by atoms with Gasteiger partial charge >= 0.3 is 0 Å². The van der Waals surface area contributed by atoms with Crippen LogP contribution in [-0.4, -0.2) is 9.97 Å². The summed E-state index contributed by atoms with van der Waals surface area (Å²) in [4.78, 5) is 11.7. The molecule has 0 aliphatic heterocycles. The molecule has 5 rings (SSSR count). The first-order valence-electron chi connectivity index (χ1n) is 14.3. The quantitative estimate of drug-likeness (QED) is 0.108. The Bertz CT molecular complexity index is 1410. The third kappa shape index (κ3) is 5.75. The van der Waals surface area contributed by atoms with Gasteiger partial charge in [-0.05, 0) is 42.0 Å². The zero-order chi connectivity index (χ0) is 24.7. The van der Waals surface area contributed by atoms with Gasteiger partial charge in [-0.2, -0.15) is 0 Å². The van der Waals surface area contributed by atoms with Crippen LogP contribution in [0.3, 0.4) is 0 Å². The molecule has 2 nitrogen and oxygen atoms in total. The minimum Gasteiger partial charge on any atom is -0.244 e. The third-order valence-corrected chi connectivity index (χ3v) is 9.77. The number of rotatable bonds is 14. The molecule has 3 heterocycles. The molecule has 0 bridgehead atoms. The van der Waals surface area contributed by atoms with E-state index in [0.29, 0.717) is 0 Å². The number of benzene rings is 2. The smallest absolute Gasteiger partial charge is 0.108 e. The first-order valence-corrected chi connectivity index (χ1v) is 16.0. The van der Waals surface area contributed by atoms with E-state index in [1.165, 1.54) is 109 Å². The number of hydrogen-bond acceptors (Lipinski definition) is 4.